The Morgan fingerprint density at radius 1 is 1.29 bits per heavy atom. The van der Waals surface area contributed by atoms with E-state index >= 15 is 0 Å². The van der Waals surface area contributed by atoms with Gasteiger partial charge in [0.1, 0.15) is 12.2 Å². The van der Waals surface area contributed by atoms with Gasteiger partial charge in [0, 0.05) is 13.3 Å². The zero-order chi connectivity index (χ0) is 21.1. The lowest BCUT2D eigenvalue weighted by Gasteiger charge is -2.40. The highest BCUT2D eigenvalue weighted by atomic mass is 17.2. The second-order valence-electron chi connectivity index (χ2n) is 6.83. The Balaban J connectivity index is 2.58. The van der Waals surface area contributed by atoms with Crippen molar-refractivity contribution in [2.24, 2.45) is 5.73 Å². The molecule has 7 atom stereocenters. The molecule has 0 aromatic heterocycles. The fourth-order valence-electron chi connectivity index (χ4n) is 2.75. The number of ether oxygens (including phenoxy) is 2. The summed E-state index contributed by atoms with van der Waals surface area (Å²) in [5, 5.41) is 40.6. The molecule has 0 radical (unpaired) electrons. The molecule has 1 aliphatic rings. The molecule has 28 heavy (non-hydrogen) atoms. The van der Waals surface area contributed by atoms with Gasteiger partial charge in [-0.2, -0.15) is 0 Å². The van der Waals surface area contributed by atoms with Crippen molar-refractivity contribution in [1.82, 2.24) is 5.32 Å². The van der Waals surface area contributed by atoms with Gasteiger partial charge in [-0.3, -0.25) is 4.79 Å². The van der Waals surface area contributed by atoms with Crippen LogP contribution in [0.3, 0.4) is 0 Å². The van der Waals surface area contributed by atoms with Crippen LogP contribution in [0.5, 0.6) is 0 Å². The summed E-state index contributed by atoms with van der Waals surface area (Å²) in [7, 11) is 0. The molecule has 1 rings (SSSR count). The van der Waals surface area contributed by atoms with Crippen LogP contribution in [0.4, 0.5) is 0 Å². The Morgan fingerprint density at radius 3 is 2.61 bits per heavy atom. The van der Waals surface area contributed by atoms with Crippen LogP contribution in [0.15, 0.2) is 0 Å². The van der Waals surface area contributed by atoms with E-state index in [1.165, 1.54) is 6.92 Å². The Kier molecular flexibility index (Phi) is 12.0. The number of amides is 1. The minimum absolute atomic E-state index is 0.209. The second-order valence-corrected chi connectivity index (χ2v) is 6.83. The van der Waals surface area contributed by atoms with Gasteiger partial charge in [-0.05, 0) is 32.7 Å². The topological polar surface area (TPSA) is 173 Å². The summed E-state index contributed by atoms with van der Waals surface area (Å²) in [5.41, 5.74) is 5.43. The fraction of sp³-hybridized carbons (Fsp3) is 0.941. The van der Waals surface area contributed by atoms with Crippen LogP contribution in [0, 0.1) is 0 Å². The largest absolute Gasteiger partial charge is 0.394 e. The van der Waals surface area contributed by atoms with Crippen LogP contribution in [0.2, 0.25) is 0 Å². The van der Waals surface area contributed by atoms with Gasteiger partial charge in [0.05, 0.1) is 31.5 Å². The van der Waals surface area contributed by atoms with E-state index in [0.717, 1.165) is 19.3 Å². The summed E-state index contributed by atoms with van der Waals surface area (Å²) in [5.74, 6) is -0.310. The van der Waals surface area contributed by atoms with Gasteiger partial charge in [-0.1, -0.05) is 0 Å². The third-order valence-corrected chi connectivity index (χ3v) is 4.36. The number of aliphatic hydroxyl groups is 4. The number of carbonyl (C=O) groups excluding carboxylic acids is 1. The van der Waals surface area contributed by atoms with E-state index < -0.39 is 49.6 Å². The molecule has 1 heterocycles. The minimum Gasteiger partial charge on any atom is -0.394 e. The molecule has 1 fully saturated rings. The van der Waals surface area contributed by atoms with Crippen molar-refractivity contribution in [3.8, 4) is 0 Å². The van der Waals surface area contributed by atoms with Gasteiger partial charge in [0.15, 0.2) is 6.29 Å². The van der Waals surface area contributed by atoms with E-state index in [-0.39, 0.29) is 12.3 Å². The van der Waals surface area contributed by atoms with E-state index in [4.69, 9.17) is 30.1 Å². The molecule has 166 valence electrons. The summed E-state index contributed by atoms with van der Waals surface area (Å²) < 4.78 is 11.1. The van der Waals surface area contributed by atoms with Crippen LogP contribution < -0.4 is 11.1 Å². The van der Waals surface area contributed by atoms with Crippen LogP contribution in [0.1, 0.15) is 39.5 Å². The third-order valence-electron chi connectivity index (χ3n) is 4.36. The van der Waals surface area contributed by atoms with Gasteiger partial charge in [0.2, 0.25) is 12.2 Å². The molecule has 4 unspecified atom stereocenters. The highest BCUT2D eigenvalue weighted by Gasteiger charge is 2.40. The Hall–Kier alpha value is -0.890. The first-order chi connectivity index (χ1) is 13.3. The van der Waals surface area contributed by atoms with Gasteiger partial charge in [-0.15, -0.1) is 0 Å². The zero-order valence-corrected chi connectivity index (χ0v) is 16.4. The Labute approximate surface area is 164 Å². The van der Waals surface area contributed by atoms with Crippen molar-refractivity contribution in [1.29, 1.82) is 0 Å². The Bertz CT molecular complexity index is 443. The third kappa shape index (κ3) is 8.64. The highest BCUT2D eigenvalue weighted by molar-refractivity contribution is 5.73. The molecular formula is C17H34N2O9. The van der Waals surface area contributed by atoms with Crippen molar-refractivity contribution >= 4 is 5.91 Å². The second kappa shape index (κ2) is 13.4. The average Bonchev–Trinajstić information content (AvgIpc) is 2.65. The number of hydrogen-bond acceptors (Lipinski definition) is 10. The molecule has 11 nitrogen and oxygen atoms in total. The number of unbranched alkanes of at least 4 members (excludes halogenated alkanes) is 2. The van der Waals surface area contributed by atoms with Crippen molar-refractivity contribution in [2.45, 2.75) is 82.6 Å². The molecular weight excluding hydrogens is 376 g/mol. The van der Waals surface area contributed by atoms with E-state index in [2.05, 4.69) is 5.32 Å². The number of hydrogen-bond donors (Lipinski definition) is 6. The summed E-state index contributed by atoms with van der Waals surface area (Å²) in [6.07, 6.45) is -4.35. The number of nitrogens with one attached hydrogen (secondary N) is 1. The lowest BCUT2D eigenvalue weighted by molar-refractivity contribution is -0.405. The number of aliphatic hydroxyl groups excluding tert-OH is 4. The monoisotopic (exact) mass is 410 g/mol. The molecule has 1 amide bonds. The van der Waals surface area contributed by atoms with Gasteiger partial charge in [0.25, 0.3) is 0 Å². The molecule has 0 spiro atoms. The maximum absolute atomic E-state index is 11.5. The van der Waals surface area contributed by atoms with E-state index in [1.807, 2.05) is 0 Å². The molecule has 0 aliphatic carbocycles. The first kappa shape index (κ1) is 25.1. The summed E-state index contributed by atoms with van der Waals surface area (Å²) in [6.45, 7) is 3.25. The average molecular weight is 410 g/mol. The predicted octanol–water partition coefficient (Wildman–Crippen LogP) is -1.88. The van der Waals surface area contributed by atoms with Crippen LogP contribution in [-0.2, 0) is 24.0 Å². The smallest absolute Gasteiger partial charge is 0.217 e. The Morgan fingerprint density at radius 2 is 2.00 bits per heavy atom. The molecule has 0 aromatic carbocycles. The highest BCUT2D eigenvalue weighted by Crippen LogP contribution is 2.25. The van der Waals surface area contributed by atoms with E-state index in [0.29, 0.717) is 13.2 Å². The van der Waals surface area contributed by atoms with Crippen molar-refractivity contribution < 1.29 is 44.5 Å². The van der Waals surface area contributed by atoms with Crippen molar-refractivity contribution in [2.75, 3.05) is 19.8 Å². The lowest BCUT2D eigenvalue weighted by Crippen LogP contribution is -2.56. The van der Waals surface area contributed by atoms with Crippen LogP contribution in [-0.4, -0.2) is 89.1 Å². The SMILES string of the molecule is CC(=O)NC1CC(OC(O)[C@H](O)C(O)CO)[C@H](C)O[C@H]1OOCCCCCN. The maximum atomic E-state index is 11.5. The van der Waals surface area contributed by atoms with E-state index in [1.54, 1.807) is 6.92 Å². The standard InChI is InChI=1S/C17H34N2O9/c1-10-14(27-16(24)15(23)13(22)9-20)8-12(19-11(2)21)17(26-10)28-25-7-5-3-4-6-18/h10,12-17,20,22-24H,3-9,18H2,1-2H3,(H,19,21)/t10-,12?,13?,14?,15+,16?,17-/m0/s1. The van der Waals surface area contributed by atoms with Gasteiger partial charge < -0.3 is 41.0 Å². The first-order valence-electron chi connectivity index (χ1n) is 9.51. The first-order valence-corrected chi connectivity index (χ1v) is 9.51. The van der Waals surface area contributed by atoms with Gasteiger partial charge in [-0.25, -0.2) is 9.78 Å². The molecule has 0 saturated carbocycles. The quantitative estimate of drug-likeness (QED) is 0.0873. The molecule has 11 heteroatoms. The number of nitrogens with two attached hydrogens (primary N) is 1. The van der Waals surface area contributed by atoms with E-state index in [9.17, 15) is 20.1 Å². The number of carbonyl (C=O) groups is 1. The minimum atomic E-state index is -1.74. The summed E-state index contributed by atoms with van der Waals surface area (Å²) in [4.78, 5) is 22.0. The molecule has 1 aliphatic heterocycles. The normalized spacial score (nSPS) is 28.5. The van der Waals surface area contributed by atoms with Crippen molar-refractivity contribution in [3.63, 3.8) is 0 Å². The molecule has 0 bridgehead atoms. The maximum Gasteiger partial charge on any atom is 0.217 e. The van der Waals surface area contributed by atoms with Gasteiger partial charge >= 0.3 is 0 Å². The molecule has 1 saturated heterocycles. The predicted molar refractivity (Wildman–Crippen MR) is 96.5 cm³/mol. The molecule has 0 aromatic rings. The van der Waals surface area contributed by atoms with Crippen LogP contribution in [0.25, 0.3) is 0 Å². The lowest BCUT2D eigenvalue weighted by atomic mass is 10.0. The van der Waals surface area contributed by atoms with Crippen LogP contribution >= 0.6 is 0 Å². The number of rotatable bonds is 13. The molecule has 7 N–H and O–H groups in total. The summed E-state index contributed by atoms with van der Waals surface area (Å²) >= 11 is 0. The van der Waals surface area contributed by atoms with Crippen molar-refractivity contribution in [3.05, 3.63) is 0 Å². The zero-order valence-electron chi connectivity index (χ0n) is 16.4. The summed E-state index contributed by atoms with van der Waals surface area (Å²) in [6, 6.07) is -0.616. The fourth-order valence-corrected chi connectivity index (χ4v) is 2.75.